The molecule has 6 nitrogen and oxygen atoms in total. The lowest BCUT2D eigenvalue weighted by molar-refractivity contribution is -0.187. The molecule has 2 atom stereocenters. The van der Waals surface area contributed by atoms with Crippen LogP contribution < -0.4 is 0 Å². The van der Waals surface area contributed by atoms with E-state index < -0.39 is 30.3 Å². The third-order valence-corrected chi connectivity index (χ3v) is 2.10. The second kappa shape index (κ2) is 6.22. The van der Waals surface area contributed by atoms with E-state index in [1.807, 2.05) is 0 Å². The molecule has 0 aliphatic rings. The highest BCUT2D eigenvalue weighted by atomic mass is 16.6. The van der Waals surface area contributed by atoms with Crippen LogP contribution in [0.5, 0.6) is 0 Å². The van der Waals surface area contributed by atoms with Crippen LogP contribution >= 0.6 is 0 Å². The molecule has 0 bridgehead atoms. The zero-order valence-corrected chi connectivity index (χ0v) is 9.56. The summed E-state index contributed by atoms with van der Waals surface area (Å²) in [6, 6.07) is 0. The number of hydrogen-bond acceptors (Lipinski definition) is 6. The number of rotatable bonds is 6. The molecule has 0 aliphatic carbocycles. The molecule has 0 radical (unpaired) electrons. The smallest absolute Gasteiger partial charge is 0.303 e. The van der Waals surface area contributed by atoms with Crippen LogP contribution in [0.25, 0.3) is 0 Å². The van der Waals surface area contributed by atoms with Crippen molar-refractivity contribution in [3.8, 4) is 0 Å². The van der Waals surface area contributed by atoms with Gasteiger partial charge in [-0.1, -0.05) is 6.92 Å². The number of hydrogen-bond donors (Lipinski definition) is 1. The number of carbonyl (C=O) groups is 3. The molecule has 0 amide bonds. The van der Waals surface area contributed by atoms with Crippen molar-refractivity contribution in [2.45, 2.75) is 38.9 Å². The summed E-state index contributed by atoms with van der Waals surface area (Å²) in [6.45, 7) is 3.26. The molecule has 0 heterocycles. The summed E-state index contributed by atoms with van der Waals surface area (Å²) in [5.41, 5.74) is -1.62. The molecule has 0 saturated heterocycles. The first-order valence-electron chi connectivity index (χ1n) is 4.85. The van der Waals surface area contributed by atoms with Crippen LogP contribution in [0.3, 0.4) is 0 Å². The van der Waals surface area contributed by atoms with Gasteiger partial charge in [0.2, 0.25) is 5.60 Å². The molecule has 0 saturated carbocycles. The lowest BCUT2D eigenvalue weighted by atomic mass is 9.95. The Morgan fingerprint density at radius 2 is 1.94 bits per heavy atom. The predicted octanol–water partition coefficient (Wildman–Crippen LogP) is -0.179. The second-order valence-electron chi connectivity index (χ2n) is 3.30. The Labute approximate surface area is 93.5 Å². The van der Waals surface area contributed by atoms with Crippen molar-refractivity contribution in [3.05, 3.63) is 0 Å². The lowest BCUT2D eigenvalue weighted by Gasteiger charge is -2.32. The van der Waals surface area contributed by atoms with Crippen molar-refractivity contribution in [2.75, 3.05) is 6.61 Å². The number of carbonyl (C=O) groups excluding carboxylic acids is 3. The highest BCUT2D eigenvalue weighted by molar-refractivity contribution is 5.74. The van der Waals surface area contributed by atoms with Gasteiger partial charge in [-0.3, -0.25) is 14.4 Å². The van der Waals surface area contributed by atoms with Crippen LogP contribution in [0.1, 0.15) is 27.2 Å². The minimum atomic E-state index is -1.62. The summed E-state index contributed by atoms with van der Waals surface area (Å²) in [5.74, 6) is -1.34. The van der Waals surface area contributed by atoms with Gasteiger partial charge in [0.05, 0.1) is 6.61 Å². The van der Waals surface area contributed by atoms with Crippen molar-refractivity contribution in [2.24, 2.45) is 0 Å². The maximum absolute atomic E-state index is 11.0. The van der Waals surface area contributed by atoms with Gasteiger partial charge in [0.15, 0.2) is 12.4 Å². The first-order chi connectivity index (χ1) is 7.41. The Hall–Kier alpha value is -1.43. The van der Waals surface area contributed by atoms with Gasteiger partial charge in [0, 0.05) is 13.8 Å². The topological polar surface area (TPSA) is 89.9 Å². The van der Waals surface area contributed by atoms with Crippen molar-refractivity contribution in [3.63, 3.8) is 0 Å². The van der Waals surface area contributed by atoms with Crippen molar-refractivity contribution in [1.29, 1.82) is 0 Å². The molecule has 6 heteroatoms. The Morgan fingerprint density at radius 3 is 2.19 bits per heavy atom. The molecule has 0 aromatic carbocycles. The average Bonchev–Trinajstić information content (AvgIpc) is 2.22. The van der Waals surface area contributed by atoms with E-state index in [2.05, 4.69) is 0 Å². The second-order valence-corrected chi connectivity index (χ2v) is 3.30. The Kier molecular flexibility index (Phi) is 5.66. The fraction of sp³-hybridized carbons (Fsp3) is 0.700. The van der Waals surface area contributed by atoms with E-state index in [4.69, 9.17) is 14.6 Å². The maximum atomic E-state index is 11.0. The van der Waals surface area contributed by atoms with E-state index in [-0.39, 0.29) is 6.42 Å². The van der Waals surface area contributed by atoms with Crippen LogP contribution in [0.2, 0.25) is 0 Å². The van der Waals surface area contributed by atoms with E-state index in [0.717, 1.165) is 13.8 Å². The van der Waals surface area contributed by atoms with Crippen LogP contribution in [-0.4, -0.2) is 41.6 Å². The number of aliphatic hydroxyl groups excluding tert-OH is 1. The number of aldehydes is 1. The molecular formula is C10H16O6. The van der Waals surface area contributed by atoms with Gasteiger partial charge in [-0.25, -0.2) is 0 Å². The summed E-state index contributed by atoms with van der Waals surface area (Å²) >= 11 is 0. The maximum Gasteiger partial charge on any atom is 0.303 e. The molecular weight excluding hydrogens is 216 g/mol. The fourth-order valence-electron chi connectivity index (χ4n) is 1.31. The van der Waals surface area contributed by atoms with Gasteiger partial charge in [-0.2, -0.15) is 0 Å². The van der Waals surface area contributed by atoms with Crippen LogP contribution in [0.15, 0.2) is 0 Å². The van der Waals surface area contributed by atoms with Gasteiger partial charge in [0.1, 0.15) is 0 Å². The summed E-state index contributed by atoms with van der Waals surface area (Å²) < 4.78 is 9.60. The Morgan fingerprint density at radius 1 is 1.38 bits per heavy atom. The quantitative estimate of drug-likeness (QED) is 0.504. The zero-order chi connectivity index (χ0) is 12.8. The van der Waals surface area contributed by atoms with Crippen molar-refractivity contribution < 1.29 is 29.0 Å². The molecule has 0 aliphatic heterocycles. The highest BCUT2D eigenvalue weighted by Crippen LogP contribution is 2.21. The van der Waals surface area contributed by atoms with Gasteiger partial charge < -0.3 is 14.6 Å². The number of esters is 2. The average molecular weight is 232 g/mol. The van der Waals surface area contributed by atoms with Crippen LogP contribution in [0, 0.1) is 0 Å². The Bertz CT molecular complexity index is 274. The van der Waals surface area contributed by atoms with E-state index >= 15 is 0 Å². The standard InChI is InChI=1S/C10H16O6/c1-4-10(6-12,16-8(3)14)9(5-11)15-7(2)13/h6,9,11H,4-5H2,1-3H3. The summed E-state index contributed by atoms with van der Waals surface area (Å²) in [7, 11) is 0. The van der Waals surface area contributed by atoms with Crippen molar-refractivity contribution in [1.82, 2.24) is 0 Å². The SMILES string of the molecule is CCC(C=O)(OC(C)=O)C(CO)OC(C)=O. The fourth-order valence-corrected chi connectivity index (χ4v) is 1.31. The number of ether oxygens (including phenoxy) is 2. The Balaban J connectivity index is 5.02. The monoisotopic (exact) mass is 232 g/mol. The predicted molar refractivity (Wildman–Crippen MR) is 53.5 cm³/mol. The molecule has 0 rings (SSSR count). The molecule has 0 aromatic rings. The van der Waals surface area contributed by atoms with Crippen LogP contribution in [0.4, 0.5) is 0 Å². The molecule has 1 N–H and O–H groups in total. The zero-order valence-electron chi connectivity index (χ0n) is 9.56. The largest absolute Gasteiger partial charge is 0.455 e. The third-order valence-electron chi connectivity index (χ3n) is 2.10. The lowest BCUT2D eigenvalue weighted by Crippen LogP contribution is -2.51. The van der Waals surface area contributed by atoms with Gasteiger partial charge in [0.25, 0.3) is 0 Å². The van der Waals surface area contributed by atoms with Gasteiger partial charge in [-0.15, -0.1) is 0 Å². The molecule has 0 aromatic heterocycles. The van der Waals surface area contributed by atoms with E-state index in [0.29, 0.717) is 6.29 Å². The third kappa shape index (κ3) is 3.62. The minimum Gasteiger partial charge on any atom is -0.455 e. The minimum absolute atomic E-state index is 0.106. The highest BCUT2D eigenvalue weighted by Gasteiger charge is 2.42. The molecule has 2 unspecified atom stereocenters. The summed E-state index contributed by atoms with van der Waals surface area (Å²) in [6.07, 6.45) is -0.705. The summed E-state index contributed by atoms with van der Waals surface area (Å²) in [4.78, 5) is 32.7. The van der Waals surface area contributed by atoms with Crippen molar-refractivity contribution >= 4 is 18.2 Å². The van der Waals surface area contributed by atoms with Gasteiger partial charge >= 0.3 is 11.9 Å². The molecule has 0 fully saturated rings. The summed E-state index contributed by atoms with van der Waals surface area (Å²) in [5, 5.41) is 9.06. The van der Waals surface area contributed by atoms with E-state index in [1.165, 1.54) is 0 Å². The first-order valence-corrected chi connectivity index (χ1v) is 4.85. The molecule has 16 heavy (non-hydrogen) atoms. The molecule has 92 valence electrons. The van der Waals surface area contributed by atoms with E-state index in [9.17, 15) is 14.4 Å². The molecule has 0 spiro atoms. The normalized spacial score (nSPS) is 15.8. The first kappa shape index (κ1) is 14.6. The van der Waals surface area contributed by atoms with Crippen LogP contribution in [-0.2, 0) is 23.9 Å². The van der Waals surface area contributed by atoms with E-state index in [1.54, 1.807) is 6.92 Å². The van der Waals surface area contributed by atoms with Gasteiger partial charge in [-0.05, 0) is 6.42 Å². The number of aliphatic hydroxyl groups is 1.